The van der Waals surface area contributed by atoms with Crippen LogP contribution in [-0.4, -0.2) is 54.9 Å². The highest BCUT2D eigenvalue weighted by Gasteiger charge is 2.10. The number of nitrogen functional groups attached to an aromatic ring is 2. The van der Waals surface area contributed by atoms with Crippen LogP contribution in [0.5, 0.6) is 5.75 Å². The highest BCUT2D eigenvalue weighted by atomic mass is 79.9. The van der Waals surface area contributed by atoms with Crippen LogP contribution in [0.15, 0.2) is 145 Å². The SMILES string of the molecule is CN.CNS(=O)(=O)c1ccc(Br)cc1.CS(=O)(=O)c1ccc(-c2cccc(N)c2)cc1.Nc1cccc(O)c1.O=S(=O)(Cl)c1ccc(Br)cc1.OBr. The van der Waals surface area contributed by atoms with Gasteiger partial charge in [-0.1, -0.05) is 62.2 Å². The lowest BCUT2D eigenvalue weighted by Gasteiger charge is -2.04. The minimum Gasteiger partial charge on any atom is -0.508 e. The first-order chi connectivity index (χ1) is 24.3. The summed E-state index contributed by atoms with van der Waals surface area (Å²) in [5, 5.41) is 8.73. The molecule has 19 heteroatoms. The second-order valence-electron chi connectivity index (χ2n) is 9.57. The molecule has 0 amide bonds. The van der Waals surface area contributed by atoms with Crippen molar-refractivity contribution in [2.75, 3.05) is 31.8 Å². The van der Waals surface area contributed by atoms with E-state index in [2.05, 4.69) is 42.3 Å². The molecule has 0 saturated carbocycles. The van der Waals surface area contributed by atoms with Crippen molar-refractivity contribution < 1.29 is 34.6 Å². The summed E-state index contributed by atoms with van der Waals surface area (Å²) in [7, 11) is -2.03. The van der Waals surface area contributed by atoms with Crippen LogP contribution in [0.25, 0.3) is 11.1 Å². The molecule has 5 rings (SSSR count). The van der Waals surface area contributed by atoms with Gasteiger partial charge in [-0.05, 0) is 110 Å². The van der Waals surface area contributed by atoms with Crippen molar-refractivity contribution in [1.82, 2.24) is 4.72 Å². The molecule has 0 aromatic heterocycles. The highest BCUT2D eigenvalue weighted by Crippen LogP contribution is 2.23. The predicted molar refractivity (Wildman–Crippen MR) is 221 cm³/mol. The lowest BCUT2D eigenvalue weighted by molar-refractivity contribution is 0.475. The topological polar surface area (TPSA) is 233 Å². The van der Waals surface area contributed by atoms with E-state index in [9.17, 15) is 25.3 Å². The monoisotopic (exact) mass is 986 g/mol. The number of sulfone groups is 1. The first kappa shape index (κ1) is 49.0. The fraction of sp³-hybridized carbons (Fsp3) is 0.0909. The molecule has 0 spiro atoms. The van der Waals surface area contributed by atoms with Crippen molar-refractivity contribution in [2.45, 2.75) is 14.7 Å². The minimum atomic E-state index is -3.57. The van der Waals surface area contributed by atoms with Crippen molar-refractivity contribution in [3.63, 3.8) is 0 Å². The standard InChI is InChI=1S/C13H13NO2S.C7H8BrNO2S.C6H4BrClO2S.C6H7NO.CH5N.BrHO/c1-17(15,16)13-7-5-10(6-8-13)11-3-2-4-12(14)9-11;1-9-12(10,11)7-4-2-6(8)3-5-7;7-5-1-3-6(4-2-5)11(8,9)10;7-5-2-1-3-6(8)4-5;2*1-2/h2-9H,14H2,1H3;2-5,9H,1H3;1-4H;1-4,8H,7H2;2H2,1H3;2H. The molecule has 5 aromatic rings. The summed E-state index contributed by atoms with van der Waals surface area (Å²) in [5.41, 5.74) is 18.7. The van der Waals surface area contributed by atoms with E-state index in [1.54, 1.807) is 66.7 Å². The third-order valence-corrected chi connectivity index (χ3v) is 10.8. The molecule has 0 fully saturated rings. The number of phenols is 1. The van der Waals surface area contributed by atoms with E-state index in [-0.39, 0.29) is 15.5 Å². The highest BCUT2D eigenvalue weighted by molar-refractivity contribution is 9.10. The first-order valence-corrected chi connectivity index (χ1v) is 22.1. The second-order valence-corrected chi connectivity index (χ2v) is 17.9. The largest absolute Gasteiger partial charge is 0.508 e. The minimum absolute atomic E-state index is 0.113. The van der Waals surface area contributed by atoms with Crippen molar-refractivity contribution in [3.8, 4) is 16.9 Å². The van der Waals surface area contributed by atoms with Crippen molar-refractivity contribution in [1.29, 1.82) is 0 Å². The molecule has 284 valence electrons. The van der Waals surface area contributed by atoms with Crippen LogP contribution in [0, 0.1) is 0 Å². The van der Waals surface area contributed by atoms with Crippen LogP contribution in [0.1, 0.15) is 0 Å². The fourth-order valence-corrected chi connectivity index (χ4v) is 6.13. The van der Waals surface area contributed by atoms with Crippen molar-refractivity contribution in [2.24, 2.45) is 5.73 Å². The molecular weight excluding hydrogens is 952 g/mol. The average Bonchev–Trinajstić information content (AvgIpc) is 3.10. The van der Waals surface area contributed by atoms with Gasteiger partial charge in [0.05, 0.1) is 30.9 Å². The van der Waals surface area contributed by atoms with Gasteiger partial charge in [0.25, 0.3) is 9.05 Å². The van der Waals surface area contributed by atoms with E-state index in [1.807, 2.05) is 40.5 Å². The zero-order chi connectivity index (χ0) is 40.1. The fourth-order valence-electron chi connectivity index (χ4n) is 3.47. The van der Waals surface area contributed by atoms with Gasteiger partial charge >= 0.3 is 0 Å². The molecular formula is C33H38Br3ClN4O8S3. The maximum Gasteiger partial charge on any atom is 0.261 e. The Kier molecular flexibility index (Phi) is 22.9. The maximum absolute atomic E-state index is 11.3. The molecule has 52 heavy (non-hydrogen) atoms. The number of phenolic OH excluding ortho intramolecular Hbond substituents is 1. The molecule has 12 nitrogen and oxygen atoms in total. The number of rotatable bonds is 5. The van der Waals surface area contributed by atoms with E-state index in [1.165, 1.54) is 50.7 Å². The third-order valence-electron chi connectivity index (χ3n) is 5.86. The third kappa shape index (κ3) is 19.2. The number of anilines is 2. The van der Waals surface area contributed by atoms with E-state index in [0.717, 1.165) is 20.1 Å². The number of aromatic hydroxyl groups is 1. The van der Waals surface area contributed by atoms with Crippen LogP contribution in [0.2, 0.25) is 0 Å². The van der Waals surface area contributed by atoms with Crippen LogP contribution in [0.4, 0.5) is 11.4 Å². The second kappa shape index (κ2) is 24.3. The van der Waals surface area contributed by atoms with E-state index in [4.69, 9.17) is 31.5 Å². The van der Waals surface area contributed by atoms with Gasteiger partial charge in [-0.25, -0.2) is 30.0 Å². The smallest absolute Gasteiger partial charge is 0.261 e. The Morgan fingerprint density at radius 1 is 0.596 bits per heavy atom. The number of benzene rings is 5. The van der Waals surface area contributed by atoms with Crippen LogP contribution >= 0.6 is 58.8 Å². The Hall–Kier alpha value is -3.04. The van der Waals surface area contributed by atoms with Crippen LogP contribution in [0.3, 0.4) is 0 Å². The Bertz CT molecular complexity index is 2110. The number of nitrogens with one attached hydrogen (secondary N) is 1. The summed E-state index contributed by atoms with van der Waals surface area (Å²) in [6.07, 6.45) is 1.20. The zero-order valence-corrected chi connectivity index (χ0v) is 35.8. The van der Waals surface area contributed by atoms with Gasteiger partial charge in [-0.15, -0.1) is 0 Å². The number of sulfonamides is 1. The quantitative estimate of drug-likeness (QED) is 0.0782. The lowest BCUT2D eigenvalue weighted by atomic mass is 10.1. The summed E-state index contributed by atoms with van der Waals surface area (Å²) in [6, 6.07) is 33.3. The molecule has 5 aromatic carbocycles. The van der Waals surface area contributed by atoms with Gasteiger partial charge in [-0.3, -0.25) is 0 Å². The molecule has 0 atom stereocenters. The molecule has 0 aliphatic heterocycles. The molecule has 0 unspecified atom stereocenters. The summed E-state index contributed by atoms with van der Waals surface area (Å²) in [5.74, 6) is 0.213. The predicted octanol–water partition coefficient (Wildman–Crippen LogP) is 6.91. The Balaban J connectivity index is 0.000000665. The number of hydrogen-bond acceptors (Lipinski definition) is 11. The maximum atomic E-state index is 11.3. The van der Waals surface area contributed by atoms with Crippen LogP contribution < -0.4 is 21.9 Å². The number of hydrogen-bond donors (Lipinski definition) is 6. The van der Waals surface area contributed by atoms with E-state index < -0.39 is 28.9 Å². The van der Waals surface area contributed by atoms with Gasteiger partial charge in [0, 0.05) is 43.3 Å². The van der Waals surface area contributed by atoms with Gasteiger partial charge in [0.15, 0.2) is 9.84 Å². The molecule has 0 aliphatic rings. The number of halogens is 4. The Labute approximate surface area is 335 Å². The summed E-state index contributed by atoms with van der Waals surface area (Å²) < 4.78 is 77.1. The average molecular weight is 990 g/mol. The molecule has 0 heterocycles. The molecule has 9 N–H and O–H groups in total. The lowest BCUT2D eigenvalue weighted by Crippen LogP contribution is -2.18. The molecule has 0 radical (unpaired) electrons. The van der Waals surface area contributed by atoms with Gasteiger partial charge in [0.1, 0.15) is 5.75 Å². The van der Waals surface area contributed by atoms with Gasteiger partial charge < -0.3 is 26.5 Å². The Morgan fingerprint density at radius 3 is 1.35 bits per heavy atom. The van der Waals surface area contributed by atoms with Gasteiger partial charge in [-0.2, -0.15) is 0 Å². The van der Waals surface area contributed by atoms with E-state index in [0.29, 0.717) is 16.3 Å². The normalized spacial score (nSPS) is 10.4. The van der Waals surface area contributed by atoms with Crippen molar-refractivity contribution in [3.05, 3.63) is 130 Å². The summed E-state index contributed by atoms with van der Waals surface area (Å²) >= 11 is 8.33. The number of nitrogens with two attached hydrogens (primary N) is 3. The van der Waals surface area contributed by atoms with E-state index >= 15 is 0 Å². The van der Waals surface area contributed by atoms with Crippen LogP contribution in [-0.2, 0) is 28.9 Å². The zero-order valence-electron chi connectivity index (χ0n) is 27.9. The molecule has 0 bridgehead atoms. The van der Waals surface area contributed by atoms with Crippen molar-refractivity contribution >= 4 is 99.1 Å². The molecule has 0 aliphatic carbocycles. The summed E-state index contributed by atoms with van der Waals surface area (Å²) in [4.78, 5) is 0.709. The Morgan fingerprint density at radius 2 is 1.00 bits per heavy atom. The van der Waals surface area contributed by atoms with Gasteiger partial charge in [0.2, 0.25) is 10.0 Å². The molecule has 0 saturated heterocycles. The summed E-state index contributed by atoms with van der Waals surface area (Å²) in [6.45, 7) is 0. The first-order valence-electron chi connectivity index (χ1n) is 14.2.